The predicted octanol–water partition coefficient (Wildman–Crippen LogP) is 3.44. The molecule has 3 aromatic rings. The maximum atomic E-state index is 12.0. The highest BCUT2D eigenvalue weighted by Gasteiger charge is 2.14. The van der Waals surface area contributed by atoms with Crippen molar-refractivity contribution in [3.8, 4) is 9.88 Å². The van der Waals surface area contributed by atoms with Gasteiger partial charge in [-0.05, 0) is 18.4 Å². The van der Waals surface area contributed by atoms with E-state index in [1.807, 2.05) is 29.1 Å². The van der Waals surface area contributed by atoms with Gasteiger partial charge in [-0.3, -0.25) is 4.79 Å². The van der Waals surface area contributed by atoms with E-state index >= 15 is 0 Å². The summed E-state index contributed by atoms with van der Waals surface area (Å²) in [5.74, 6) is -0.0938. The Bertz CT molecular complexity index is 721. The Morgan fingerprint density at radius 3 is 2.95 bits per heavy atom. The van der Waals surface area contributed by atoms with Crippen LogP contribution < -0.4 is 10.6 Å². The molecule has 0 spiro atoms. The molecule has 0 aliphatic heterocycles. The third kappa shape index (κ3) is 3.77. The second-order valence-corrected chi connectivity index (χ2v) is 7.25. The lowest BCUT2D eigenvalue weighted by molar-refractivity contribution is -0.117. The van der Waals surface area contributed by atoms with Crippen molar-refractivity contribution >= 4 is 45.0 Å². The van der Waals surface area contributed by atoms with Crippen molar-refractivity contribution in [2.45, 2.75) is 19.5 Å². The number of carbonyl (C=O) groups is 1. The van der Waals surface area contributed by atoms with E-state index in [4.69, 9.17) is 0 Å². The zero-order valence-corrected chi connectivity index (χ0v) is 14.2. The fourth-order valence-corrected chi connectivity index (χ4v) is 3.92. The Hall–Kier alpha value is -1.61. The molecule has 8 heteroatoms. The Labute approximate surface area is 140 Å². The van der Waals surface area contributed by atoms with Gasteiger partial charge in [0.2, 0.25) is 5.91 Å². The van der Waals surface area contributed by atoms with Crippen molar-refractivity contribution < 1.29 is 4.79 Å². The van der Waals surface area contributed by atoms with E-state index in [9.17, 15) is 4.79 Å². The van der Waals surface area contributed by atoms with Crippen molar-refractivity contribution in [2.24, 2.45) is 0 Å². The summed E-state index contributed by atoms with van der Waals surface area (Å²) >= 11 is 4.70. The van der Waals surface area contributed by atoms with Gasteiger partial charge >= 0.3 is 0 Å². The number of amides is 1. The molecule has 0 unspecified atom stereocenters. The summed E-state index contributed by atoms with van der Waals surface area (Å²) in [6.07, 6.45) is 1.67. The van der Waals surface area contributed by atoms with Gasteiger partial charge in [0, 0.05) is 23.5 Å². The molecule has 0 fully saturated rings. The van der Waals surface area contributed by atoms with E-state index in [1.165, 1.54) is 16.2 Å². The molecule has 3 heterocycles. The molecule has 1 atom stereocenters. The summed E-state index contributed by atoms with van der Waals surface area (Å²) in [5, 5.41) is 13.5. The molecule has 0 aromatic carbocycles. The first-order chi connectivity index (χ1) is 10.7. The quantitative estimate of drug-likeness (QED) is 0.715. The molecule has 0 bridgehead atoms. The van der Waals surface area contributed by atoms with Crippen LogP contribution in [0.4, 0.5) is 5.13 Å². The van der Waals surface area contributed by atoms with Gasteiger partial charge in [-0.25, -0.2) is 9.97 Å². The zero-order valence-electron chi connectivity index (χ0n) is 11.8. The maximum Gasteiger partial charge on any atom is 0.243 e. The van der Waals surface area contributed by atoms with Gasteiger partial charge in [0.25, 0.3) is 0 Å². The van der Waals surface area contributed by atoms with E-state index in [0.29, 0.717) is 11.7 Å². The third-order valence-corrected chi connectivity index (χ3v) is 5.55. The van der Waals surface area contributed by atoms with Crippen molar-refractivity contribution in [1.82, 2.24) is 15.3 Å². The molecule has 3 rings (SSSR count). The number of nitrogens with zero attached hydrogens (tertiary/aromatic N) is 2. The van der Waals surface area contributed by atoms with Crippen LogP contribution in [0.1, 0.15) is 12.6 Å². The smallest absolute Gasteiger partial charge is 0.243 e. The van der Waals surface area contributed by atoms with E-state index in [0.717, 1.165) is 10.7 Å². The summed E-state index contributed by atoms with van der Waals surface area (Å²) in [6.45, 7) is 2.39. The molecule has 3 aromatic heterocycles. The lowest BCUT2D eigenvalue weighted by Gasteiger charge is -2.11. The Kier molecular flexibility index (Phi) is 4.94. The van der Waals surface area contributed by atoms with Gasteiger partial charge in [-0.15, -0.1) is 34.0 Å². The molecule has 22 heavy (non-hydrogen) atoms. The molecule has 114 valence electrons. The molecule has 5 nitrogen and oxygen atoms in total. The third-order valence-electron chi connectivity index (χ3n) is 2.93. The zero-order chi connectivity index (χ0) is 15.4. The van der Waals surface area contributed by atoms with E-state index in [1.54, 1.807) is 28.9 Å². The lowest BCUT2D eigenvalue weighted by Crippen LogP contribution is -2.37. The predicted molar refractivity (Wildman–Crippen MR) is 92.5 cm³/mol. The van der Waals surface area contributed by atoms with Crippen LogP contribution in [0, 0.1) is 0 Å². The molecule has 0 aliphatic carbocycles. The second-order valence-electron chi connectivity index (χ2n) is 4.55. The van der Waals surface area contributed by atoms with Crippen molar-refractivity contribution in [3.63, 3.8) is 0 Å². The molecule has 0 radical (unpaired) electrons. The number of hydrogen-bond donors (Lipinski definition) is 2. The highest BCUT2D eigenvalue weighted by Crippen LogP contribution is 2.27. The second kappa shape index (κ2) is 7.10. The van der Waals surface area contributed by atoms with Gasteiger partial charge in [-0.2, -0.15) is 0 Å². The molecule has 0 saturated carbocycles. The van der Waals surface area contributed by atoms with E-state index in [-0.39, 0.29) is 11.9 Å². The van der Waals surface area contributed by atoms with Crippen molar-refractivity contribution in [2.75, 3.05) is 5.32 Å². The minimum atomic E-state index is -0.309. The average Bonchev–Trinajstić information content (AvgIpc) is 3.25. The number of nitrogens with one attached hydrogen (secondary N) is 2. The van der Waals surface area contributed by atoms with Gasteiger partial charge in [0.15, 0.2) is 5.13 Å². The van der Waals surface area contributed by atoms with E-state index < -0.39 is 0 Å². The molecular weight excluding hydrogens is 336 g/mol. The molecule has 1 amide bonds. The van der Waals surface area contributed by atoms with Gasteiger partial charge in [0.1, 0.15) is 5.01 Å². The van der Waals surface area contributed by atoms with Crippen LogP contribution in [-0.4, -0.2) is 21.9 Å². The van der Waals surface area contributed by atoms with Crippen LogP contribution in [0.5, 0.6) is 0 Å². The topological polar surface area (TPSA) is 66.9 Å². The van der Waals surface area contributed by atoms with Gasteiger partial charge in [-0.1, -0.05) is 6.07 Å². The van der Waals surface area contributed by atoms with Crippen molar-refractivity contribution in [3.05, 3.63) is 40.2 Å². The fraction of sp³-hybridized carbons (Fsp3) is 0.214. The molecular formula is C14H14N4OS3. The van der Waals surface area contributed by atoms with E-state index in [2.05, 4.69) is 26.7 Å². The Morgan fingerprint density at radius 1 is 1.32 bits per heavy atom. The summed E-state index contributed by atoms with van der Waals surface area (Å²) < 4.78 is 0. The number of aromatic nitrogens is 2. The van der Waals surface area contributed by atoms with Crippen LogP contribution in [0.15, 0.2) is 34.5 Å². The number of carbonyl (C=O) groups excluding carboxylic acids is 1. The van der Waals surface area contributed by atoms with Gasteiger partial charge < -0.3 is 10.6 Å². The molecule has 0 saturated heterocycles. The standard InChI is InChI=1S/C14H14N4OS3/c1-9(12(19)18-14-15-4-6-21-14)16-7-10-8-22-13(17-10)11-3-2-5-20-11/h2-6,8-9,16H,7H2,1H3,(H,15,18,19)/t9-/m1/s1. The Balaban J connectivity index is 1.52. The maximum absolute atomic E-state index is 12.0. The van der Waals surface area contributed by atoms with Crippen LogP contribution in [0.25, 0.3) is 9.88 Å². The summed E-state index contributed by atoms with van der Waals surface area (Å²) in [7, 11) is 0. The van der Waals surface area contributed by atoms with Crippen LogP contribution in [0.3, 0.4) is 0 Å². The lowest BCUT2D eigenvalue weighted by atomic mass is 10.3. The normalized spacial score (nSPS) is 12.2. The average molecular weight is 350 g/mol. The fourth-order valence-electron chi connectivity index (χ4n) is 1.75. The van der Waals surface area contributed by atoms with Crippen molar-refractivity contribution in [1.29, 1.82) is 0 Å². The minimum Gasteiger partial charge on any atom is -0.301 e. The molecule has 0 aliphatic rings. The van der Waals surface area contributed by atoms with Crippen LogP contribution in [-0.2, 0) is 11.3 Å². The highest BCUT2D eigenvalue weighted by atomic mass is 32.1. The number of anilines is 1. The Morgan fingerprint density at radius 2 is 2.23 bits per heavy atom. The monoisotopic (exact) mass is 350 g/mol. The summed E-state index contributed by atoms with van der Waals surface area (Å²) in [5.41, 5.74) is 0.947. The summed E-state index contributed by atoms with van der Waals surface area (Å²) in [6, 6.07) is 3.77. The summed E-state index contributed by atoms with van der Waals surface area (Å²) in [4.78, 5) is 21.8. The molecule has 2 N–H and O–H groups in total. The number of hydrogen-bond acceptors (Lipinski definition) is 7. The first-order valence-electron chi connectivity index (χ1n) is 6.64. The first-order valence-corrected chi connectivity index (χ1v) is 9.28. The minimum absolute atomic E-state index is 0.0938. The number of thiazole rings is 2. The first kappa shape index (κ1) is 15.3. The number of thiophene rings is 1. The van der Waals surface area contributed by atoms with Crippen LogP contribution >= 0.6 is 34.0 Å². The SMILES string of the molecule is C[C@@H](NCc1csc(-c2cccs2)n1)C(=O)Nc1nccs1. The highest BCUT2D eigenvalue weighted by molar-refractivity contribution is 7.20. The number of rotatable bonds is 6. The largest absolute Gasteiger partial charge is 0.301 e. The van der Waals surface area contributed by atoms with Gasteiger partial charge in [0.05, 0.1) is 16.6 Å². The van der Waals surface area contributed by atoms with Crippen LogP contribution in [0.2, 0.25) is 0 Å².